The van der Waals surface area contributed by atoms with E-state index in [1.54, 1.807) is 12.5 Å². The Kier molecular flexibility index (Phi) is 5.55. The maximum absolute atomic E-state index is 8.78. The normalized spacial score (nSPS) is 11.3. The van der Waals surface area contributed by atoms with Crippen LogP contribution in [0.5, 0.6) is 0 Å². The van der Waals surface area contributed by atoms with E-state index in [2.05, 4.69) is 45.5 Å². The highest BCUT2D eigenvalue weighted by Gasteiger charge is 2.02. The molecule has 2 rings (SSSR count). The lowest BCUT2D eigenvalue weighted by molar-refractivity contribution is 0.619. The molecular formula is C16H20N6. The van der Waals surface area contributed by atoms with Gasteiger partial charge >= 0.3 is 0 Å². The van der Waals surface area contributed by atoms with Crippen molar-refractivity contribution in [2.75, 3.05) is 6.54 Å². The number of aliphatic imine (C=N–C) groups is 1. The number of imidazole rings is 1. The summed E-state index contributed by atoms with van der Waals surface area (Å²) < 4.78 is 0. The highest BCUT2D eigenvalue weighted by Crippen LogP contribution is 2.17. The Balaban J connectivity index is 2.07. The summed E-state index contributed by atoms with van der Waals surface area (Å²) in [6, 6.07) is 8.07. The number of nitriles is 1. The zero-order valence-corrected chi connectivity index (χ0v) is 12.8. The summed E-state index contributed by atoms with van der Waals surface area (Å²) in [5, 5.41) is 14.5. The van der Waals surface area contributed by atoms with E-state index < -0.39 is 0 Å². The molecule has 1 aromatic heterocycles. The number of H-pyrrole nitrogens is 1. The predicted molar refractivity (Wildman–Crippen MR) is 86.8 cm³/mol. The molecule has 0 radical (unpaired) electrons. The number of rotatable bonds is 5. The SMILES string of the molecule is CC(C)CNC(=NCc1cccc(-c2cnc[nH]2)c1)NC#N. The van der Waals surface area contributed by atoms with Gasteiger partial charge in [-0.1, -0.05) is 32.0 Å². The van der Waals surface area contributed by atoms with Crippen LogP contribution in [0.15, 0.2) is 41.8 Å². The summed E-state index contributed by atoms with van der Waals surface area (Å²) in [4.78, 5) is 11.5. The number of nitrogens with one attached hydrogen (secondary N) is 3. The molecule has 6 nitrogen and oxygen atoms in total. The van der Waals surface area contributed by atoms with Gasteiger partial charge in [0, 0.05) is 6.54 Å². The maximum Gasteiger partial charge on any atom is 0.205 e. The molecular weight excluding hydrogens is 276 g/mol. The first kappa shape index (κ1) is 15.6. The molecule has 0 aliphatic rings. The van der Waals surface area contributed by atoms with E-state index in [1.165, 1.54) is 0 Å². The van der Waals surface area contributed by atoms with Crippen LogP contribution >= 0.6 is 0 Å². The number of nitrogens with zero attached hydrogens (tertiary/aromatic N) is 3. The Bertz CT molecular complexity index is 652. The smallest absolute Gasteiger partial charge is 0.205 e. The van der Waals surface area contributed by atoms with Gasteiger partial charge in [-0.2, -0.15) is 5.26 Å². The quantitative estimate of drug-likeness (QED) is 0.342. The number of aromatic amines is 1. The standard InChI is InChI=1S/C16H20N6/c1-12(2)7-19-16(21-10-17)20-8-13-4-3-5-14(6-13)15-9-18-11-22-15/h3-6,9,11-12H,7-8H2,1-2H3,(H,18,22)(H2,19,20,21). The van der Waals surface area contributed by atoms with E-state index in [4.69, 9.17) is 5.26 Å². The van der Waals surface area contributed by atoms with Gasteiger partial charge in [0.1, 0.15) is 0 Å². The van der Waals surface area contributed by atoms with Crippen LogP contribution in [0.3, 0.4) is 0 Å². The minimum atomic E-state index is 0.481. The number of hydrogen-bond acceptors (Lipinski definition) is 3. The van der Waals surface area contributed by atoms with Crippen molar-refractivity contribution >= 4 is 5.96 Å². The lowest BCUT2D eigenvalue weighted by Gasteiger charge is -2.10. The maximum atomic E-state index is 8.78. The fourth-order valence-electron chi connectivity index (χ4n) is 1.91. The molecule has 6 heteroatoms. The van der Waals surface area contributed by atoms with Gasteiger partial charge in [0.05, 0.1) is 24.8 Å². The van der Waals surface area contributed by atoms with Crippen LogP contribution in [-0.4, -0.2) is 22.5 Å². The molecule has 0 atom stereocenters. The van der Waals surface area contributed by atoms with Crippen LogP contribution in [0.25, 0.3) is 11.3 Å². The minimum absolute atomic E-state index is 0.481. The van der Waals surface area contributed by atoms with E-state index in [0.29, 0.717) is 18.4 Å². The zero-order valence-electron chi connectivity index (χ0n) is 12.8. The van der Waals surface area contributed by atoms with Crippen LogP contribution in [-0.2, 0) is 6.54 Å². The third-order valence-electron chi connectivity index (χ3n) is 3.01. The van der Waals surface area contributed by atoms with E-state index in [-0.39, 0.29) is 0 Å². The molecule has 2 aromatic rings. The van der Waals surface area contributed by atoms with E-state index in [9.17, 15) is 0 Å². The highest BCUT2D eigenvalue weighted by molar-refractivity contribution is 5.81. The predicted octanol–water partition coefficient (Wildman–Crippen LogP) is 2.25. The van der Waals surface area contributed by atoms with Gasteiger partial charge in [-0.05, 0) is 23.1 Å². The molecule has 1 heterocycles. The van der Waals surface area contributed by atoms with Crippen molar-refractivity contribution in [1.29, 1.82) is 5.26 Å². The summed E-state index contributed by atoms with van der Waals surface area (Å²) in [7, 11) is 0. The van der Waals surface area contributed by atoms with Crippen molar-refractivity contribution in [3.8, 4) is 17.5 Å². The van der Waals surface area contributed by atoms with Crippen molar-refractivity contribution in [3.05, 3.63) is 42.4 Å². The summed E-state index contributed by atoms with van der Waals surface area (Å²) in [6.07, 6.45) is 5.35. The van der Waals surface area contributed by atoms with Gasteiger partial charge in [0.2, 0.25) is 5.96 Å². The van der Waals surface area contributed by atoms with Gasteiger partial charge in [-0.25, -0.2) is 9.98 Å². The second-order valence-corrected chi connectivity index (χ2v) is 5.34. The monoisotopic (exact) mass is 296 g/mol. The zero-order chi connectivity index (χ0) is 15.8. The van der Waals surface area contributed by atoms with Crippen molar-refractivity contribution in [2.45, 2.75) is 20.4 Å². The lowest BCUT2D eigenvalue weighted by Crippen LogP contribution is -2.36. The molecule has 114 valence electrons. The fraction of sp³-hybridized carbons (Fsp3) is 0.312. The summed E-state index contributed by atoms with van der Waals surface area (Å²) in [6.45, 7) is 5.47. The molecule has 0 bridgehead atoms. The first-order valence-electron chi connectivity index (χ1n) is 7.20. The molecule has 3 N–H and O–H groups in total. The van der Waals surface area contributed by atoms with Crippen molar-refractivity contribution < 1.29 is 0 Å². The first-order chi connectivity index (χ1) is 10.7. The molecule has 0 aliphatic heterocycles. The van der Waals surface area contributed by atoms with Crippen LogP contribution in [0.2, 0.25) is 0 Å². The topological polar surface area (TPSA) is 88.9 Å². The summed E-state index contributed by atoms with van der Waals surface area (Å²) in [5.74, 6) is 0.984. The number of benzene rings is 1. The average molecular weight is 296 g/mol. The average Bonchev–Trinajstić information content (AvgIpc) is 3.04. The number of hydrogen-bond donors (Lipinski definition) is 3. The molecule has 1 aromatic carbocycles. The van der Waals surface area contributed by atoms with Gasteiger partial charge in [-0.3, -0.25) is 5.32 Å². The van der Waals surface area contributed by atoms with Gasteiger partial charge in [0.25, 0.3) is 0 Å². The molecule has 0 amide bonds. The highest BCUT2D eigenvalue weighted by atomic mass is 15.2. The van der Waals surface area contributed by atoms with Gasteiger partial charge < -0.3 is 10.3 Å². The third-order valence-corrected chi connectivity index (χ3v) is 3.01. The first-order valence-corrected chi connectivity index (χ1v) is 7.20. The third kappa shape index (κ3) is 4.63. The molecule has 0 fully saturated rings. The molecule has 0 aliphatic carbocycles. The van der Waals surface area contributed by atoms with Crippen LogP contribution in [0.4, 0.5) is 0 Å². The van der Waals surface area contributed by atoms with Gasteiger partial charge in [0.15, 0.2) is 6.19 Å². The Hall–Kier alpha value is -2.81. The lowest BCUT2D eigenvalue weighted by atomic mass is 10.1. The summed E-state index contributed by atoms with van der Waals surface area (Å²) >= 11 is 0. The Morgan fingerprint density at radius 2 is 2.32 bits per heavy atom. The van der Waals surface area contributed by atoms with Crippen molar-refractivity contribution in [2.24, 2.45) is 10.9 Å². The molecule has 0 saturated carbocycles. The summed E-state index contributed by atoms with van der Waals surface area (Å²) in [5.41, 5.74) is 3.10. The molecule has 0 unspecified atom stereocenters. The second-order valence-electron chi connectivity index (χ2n) is 5.34. The minimum Gasteiger partial charge on any atom is -0.355 e. The van der Waals surface area contributed by atoms with E-state index in [0.717, 1.165) is 23.4 Å². The number of guanidine groups is 1. The van der Waals surface area contributed by atoms with E-state index in [1.807, 2.05) is 24.4 Å². The Morgan fingerprint density at radius 3 is 3.00 bits per heavy atom. The number of aromatic nitrogens is 2. The van der Waals surface area contributed by atoms with Crippen LogP contribution in [0, 0.1) is 17.4 Å². The Labute approximate surface area is 130 Å². The molecule has 22 heavy (non-hydrogen) atoms. The van der Waals surface area contributed by atoms with Crippen molar-refractivity contribution in [1.82, 2.24) is 20.6 Å². The second kappa shape index (κ2) is 7.84. The molecule has 0 saturated heterocycles. The van der Waals surface area contributed by atoms with Crippen LogP contribution < -0.4 is 10.6 Å². The van der Waals surface area contributed by atoms with Crippen molar-refractivity contribution in [3.63, 3.8) is 0 Å². The van der Waals surface area contributed by atoms with Gasteiger partial charge in [-0.15, -0.1) is 0 Å². The largest absolute Gasteiger partial charge is 0.355 e. The fourth-order valence-corrected chi connectivity index (χ4v) is 1.91. The molecule has 0 spiro atoms. The Morgan fingerprint density at radius 1 is 1.45 bits per heavy atom. The van der Waals surface area contributed by atoms with Crippen LogP contribution in [0.1, 0.15) is 19.4 Å². The van der Waals surface area contributed by atoms with E-state index >= 15 is 0 Å².